The van der Waals surface area contributed by atoms with Crippen LogP contribution in [-0.4, -0.2) is 15.9 Å². The molecule has 5 heteroatoms. The van der Waals surface area contributed by atoms with Crippen molar-refractivity contribution in [2.75, 3.05) is 0 Å². The molecule has 1 N–H and O–H groups in total. The van der Waals surface area contributed by atoms with Gasteiger partial charge in [0.15, 0.2) is 0 Å². The Labute approximate surface area is 114 Å². The van der Waals surface area contributed by atoms with E-state index in [2.05, 4.69) is 15.3 Å². The SMILES string of the molecule is O=C(NCc1ccsc1)c1ccc2nccnc2c1. The van der Waals surface area contributed by atoms with Crippen LogP contribution >= 0.6 is 11.3 Å². The number of aromatic nitrogens is 2. The highest BCUT2D eigenvalue weighted by Gasteiger charge is 2.07. The van der Waals surface area contributed by atoms with Crippen LogP contribution in [0.1, 0.15) is 15.9 Å². The van der Waals surface area contributed by atoms with Gasteiger partial charge in [0.2, 0.25) is 0 Å². The summed E-state index contributed by atoms with van der Waals surface area (Å²) in [6, 6.07) is 7.32. The van der Waals surface area contributed by atoms with Crippen molar-refractivity contribution in [1.82, 2.24) is 15.3 Å². The van der Waals surface area contributed by atoms with E-state index in [-0.39, 0.29) is 5.91 Å². The summed E-state index contributed by atoms with van der Waals surface area (Å²) in [5.74, 6) is -0.0984. The van der Waals surface area contributed by atoms with Gasteiger partial charge in [0.25, 0.3) is 5.91 Å². The zero-order valence-electron chi connectivity index (χ0n) is 10.0. The molecule has 4 nitrogen and oxygen atoms in total. The van der Waals surface area contributed by atoms with Crippen molar-refractivity contribution in [3.05, 3.63) is 58.5 Å². The maximum Gasteiger partial charge on any atom is 0.251 e. The molecule has 2 aromatic heterocycles. The molecule has 3 rings (SSSR count). The van der Waals surface area contributed by atoms with Crippen molar-refractivity contribution < 1.29 is 4.79 Å². The zero-order chi connectivity index (χ0) is 13.1. The number of nitrogens with one attached hydrogen (secondary N) is 1. The smallest absolute Gasteiger partial charge is 0.251 e. The van der Waals surface area contributed by atoms with E-state index in [1.807, 2.05) is 22.9 Å². The molecule has 0 aliphatic carbocycles. The van der Waals surface area contributed by atoms with E-state index >= 15 is 0 Å². The van der Waals surface area contributed by atoms with Crippen LogP contribution in [0.2, 0.25) is 0 Å². The first-order valence-electron chi connectivity index (χ1n) is 5.83. The van der Waals surface area contributed by atoms with Gasteiger partial charge in [-0.05, 0) is 40.6 Å². The van der Waals surface area contributed by atoms with Crippen LogP contribution in [0.4, 0.5) is 0 Å². The van der Waals surface area contributed by atoms with Crippen molar-refractivity contribution in [2.45, 2.75) is 6.54 Å². The summed E-state index contributed by atoms with van der Waals surface area (Å²) in [5, 5.41) is 6.90. The summed E-state index contributed by atoms with van der Waals surface area (Å²) in [4.78, 5) is 20.4. The number of thiophene rings is 1. The Morgan fingerprint density at radius 1 is 1.16 bits per heavy atom. The first-order valence-corrected chi connectivity index (χ1v) is 6.77. The lowest BCUT2D eigenvalue weighted by atomic mass is 10.2. The molecule has 0 bridgehead atoms. The maximum absolute atomic E-state index is 12.0. The van der Waals surface area contributed by atoms with Crippen molar-refractivity contribution in [3.8, 4) is 0 Å². The Kier molecular flexibility index (Phi) is 3.20. The summed E-state index contributed by atoms with van der Waals surface area (Å²) in [6.45, 7) is 0.542. The van der Waals surface area contributed by atoms with E-state index in [0.717, 1.165) is 16.6 Å². The molecular formula is C14H11N3OS. The normalized spacial score (nSPS) is 10.5. The summed E-state index contributed by atoms with van der Waals surface area (Å²) in [5.41, 5.74) is 3.23. The third kappa shape index (κ3) is 2.61. The fraction of sp³-hybridized carbons (Fsp3) is 0.0714. The molecule has 0 spiro atoms. The number of hydrogen-bond acceptors (Lipinski definition) is 4. The molecule has 0 aliphatic heterocycles. The minimum atomic E-state index is -0.0984. The Morgan fingerprint density at radius 3 is 2.79 bits per heavy atom. The minimum absolute atomic E-state index is 0.0984. The summed E-state index contributed by atoms with van der Waals surface area (Å²) in [6.07, 6.45) is 3.26. The fourth-order valence-corrected chi connectivity index (χ4v) is 2.45. The summed E-state index contributed by atoms with van der Waals surface area (Å²) in [7, 11) is 0. The van der Waals surface area contributed by atoms with Crippen LogP contribution in [0.15, 0.2) is 47.4 Å². The predicted molar refractivity (Wildman–Crippen MR) is 75.0 cm³/mol. The zero-order valence-corrected chi connectivity index (χ0v) is 10.9. The molecule has 1 amide bonds. The number of benzene rings is 1. The van der Waals surface area contributed by atoms with Gasteiger partial charge in [0, 0.05) is 24.5 Å². The molecule has 0 saturated carbocycles. The van der Waals surface area contributed by atoms with Gasteiger partial charge < -0.3 is 5.32 Å². The van der Waals surface area contributed by atoms with Gasteiger partial charge >= 0.3 is 0 Å². The van der Waals surface area contributed by atoms with Crippen molar-refractivity contribution >= 4 is 28.3 Å². The van der Waals surface area contributed by atoms with Gasteiger partial charge in [-0.25, -0.2) is 0 Å². The second-order valence-corrected chi connectivity index (χ2v) is 4.85. The highest BCUT2D eigenvalue weighted by molar-refractivity contribution is 7.07. The summed E-state index contributed by atoms with van der Waals surface area (Å²) < 4.78 is 0. The molecule has 3 aromatic rings. The quantitative estimate of drug-likeness (QED) is 0.795. The molecular weight excluding hydrogens is 258 g/mol. The molecule has 0 unspecified atom stereocenters. The van der Waals surface area contributed by atoms with Gasteiger partial charge in [-0.3, -0.25) is 14.8 Å². The topological polar surface area (TPSA) is 54.9 Å². The van der Waals surface area contributed by atoms with Crippen LogP contribution < -0.4 is 5.32 Å². The van der Waals surface area contributed by atoms with Gasteiger partial charge in [-0.2, -0.15) is 11.3 Å². The lowest BCUT2D eigenvalue weighted by molar-refractivity contribution is 0.0951. The first kappa shape index (κ1) is 11.8. The molecule has 0 saturated heterocycles. The van der Waals surface area contributed by atoms with Crippen LogP contribution in [-0.2, 0) is 6.54 Å². The molecule has 94 valence electrons. The van der Waals surface area contributed by atoms with E-state index in [0.29, 0.717) is 12.1 Å². The van der Waals surface area contributed by atoms with Gasteiger partial charge in [0.05, 0.1) is 11.0 Å². The standard InChI is InChI=1S/C14H11N3OS/c18-14(17-8-10-3-6-19-9-10)11-1-2-12-13(7-11)16-5-4-15-12/h1-7,9H,8H2,(H,17,18). The molecule has 0 aliphatic rings. The fourth-order valence-electron chi connectivity index (χ4n) is 1.78. The highest BCUT2D eigenvalue weighted by Crippen LogP contribution is 2.11. The third-order valence-corrected chi connectivity index (χ3v) is 3.50. The molecule has 0 fully saturated rings. The average molecular weight is 269 g/mol. The second-order valence-electron chi connectivity index (χ2n) is 4.07. The Balaban J connectivity index is 1.77. The Hall–Kier alpha value is -2.27. The number of carbonyl (C=O) groups is 1. The minimum Gasteiger partial charge on any atom is -0.348 e. The second kappa shape index (κ2) is 5.16. The van der Waals surface area contributed by atoms with Crippen LogP contribution in [0.5, 0.6) is 0 Å². The maximum atomic E-state index is 12.0. The first-order chi connectivity index (χ1) is 9.33. The number of hydrogen-bond donors (Lipinski definition) is 1. The Morgan fingerprint density at radius 2 is 2.00 bits per heavy atom. The van der Waals surface area contributed by atoms with Crippen molar-refractivity contribution in [1.29, 1.82) is 0 Å². The largest absolute Gasteiger partial charge is 0.348 e. The number of nitrogens with zero attached hydrogens (tertiary/aromatic N) is 2. The molecule has 19 heavy (non-hydrogen) atoms. The molecule has 2 heterocycles. The van der Waals surface area contributed by atoms with E-state index in [1.165, 1.54) is 0 Å². The van der Waals surface area contributed by atoms with Crippen LogP contribution in [0.25, 0.3) is 11.0 Å². The number of rotatable bonds is 3. The van der Waals surface area contributed by atoms with Crippen LogP contribution in [0, 0.1) is 0 Å². The number of fused-ring (bicyclic) bond motifs is 1. The van der Waals surface area contributed by atoms with Crippen LogP contribution in [0.3, 0.4) is 0 Å². The predicted octanol–water partition coefficient (Wildman–Crippen LogP) is 2.62. The lowest BCUT2D eigenvalue weighted by Gasteiger charge is -2.04. The van der Waals surface area contributed by atoms with Gasteiger partial charge in [-0.1, -0.05) is 0 Å². The highest BCUT2D eigenvalue weighted by atomic mass is 32.1. The van der Waals surface area contributed by atoms with E-state index in [1.54, 1.807) is 35.9 Å². The Bertz CT molecular complexity index is 710. The van der Waals surface area contributed by atoms with E-state index in [9.17, 15) is 4.79 Å². The molecule has 0 radical (unpaired) electrons. The number of carbonyl (C=O) groups excluding carboxylic acids is 1. The summed E-state index contributed by atoms with van der Waals surface area (Å²) >= 11 is 1.62. The number of amides is 1. The van der Waals surface area contributed by atoms with E-state index in [4.69, 9.17) is 0 Å². The van der Waals surface area contributed by atoms with Gasteiger partial charge in [-0.15, -0.1) is 0 Å². The van der Waals surface area contributed by atoms with Crippen molar-refractivity contribution in [2.24, 2.45) is 0 Å². The molecule has 0 atom stereocenters. The lowest BCUT2D eigenvalue weighted by Crippen LogP contribution is -2.22. The monoisotopic (exact) mass is 269 g/mol. The van der Waals surface area contributed by atoms with Gasteiger partial charge in [0.1, 0.15) is 0 Å². The average Bonchev–Trinajstić information content (AvgIpc) is 2.97. The van der Waals surface area contributed by atoms with E-state index < -0.39 is 0 Å². The third-order valence-electron chi connectivity index (χ3n) is 2.76. The molecule has 1 aromatic carbocycles. The van der Waals surface area contributed by atoms with Crippen molar-refractivity contribution in [3.63, 3.8) is 0 Å².